The van der Waals surface area contributed by atoms with Crippen LogP contribution in [0.1, 0.15) is 37.5 Å². The molecule has 0 radical (unpaired) electrons. The van der Waals surface area contributed by atoms with E-state index in [9.17, 15) is 9.59 Å². The topological polar surface area (TPSA) is 64.0 Å². The molecule has 0 aliphatic rings. The zero-order valence-electron chi connectivity index (χ0n) is 17.5. The first-order valence-corrected chi connectivity index (χ1v) is 11.1. The zero-order chi connectivity index (χ0) is 23.5. The lowest BCUT2D eigenvalue weighted by Crippen LogP contribution is -2.17. The average Bonchev–Trinajstić information content (AvgIpc) is 3.14. The number of aryl methyl sites for hydroxylation is 1. The van der Waals surface area contributed by atoms with Crippen LogP contribution in [0.25, 0.3) is 0 Å². The summed E-state index contributed by atoms with van der Waals surface area (Å²) in [5, 5.41) is 8.88. The number of amides is 1. The van der Waals surface area contributed by atoms with Crippen LogP contribution in [0.3, 0.4) is 0 Å². The van der Waals surface area contributed by atoms with Crippen molar-refractivity contribution >= 4 is 52.3 Å². The minimum Gasteiger partial charge on any atom is -0.305 e. The van der Waals surface area contributed by atoms with Crippen molar-refractivity contribution in [3.8, 4) is 0 Å². The number of nitrogens with one attached hydrogen (secondary N) is 1. The molecule has 1 heterocycles. The summed E-state index contributed by atoms with van der Waals surface area (Å²) in [6.45, 7) is 2.30. The predicted octanol–water partition coefficient (Wildman–Crippen LogP) is 6.68. The van der Waals surface area contributed by atoms with Gasteiger partial charge in [-0.1, -0.05) is 59.1 Å². The zero-order valence-corrected chi connectivity index (χ0v) is 19.7. The maximum Gasteiger partial charge on any atom is 0.257 e. The van der Waals surface area contributed by atoms with E-state index in [1.807, 2.05) is 13.0 Å². The molecule has 0 aliphatic carbocycles. The summed E-state index contributed by atoms with van der Waals surface area (Å²) in [5.41, 5.74) is 2.68. The number of hydrogen-bond acceptors (Lipinski definition) is 3. The molecule has 0 saturated heterocycles. The standard InChI is InChI=1S/C25H18Cl3N3O2/c1-15-12-23(30-31(15)14-17-8-11-19(27)13-22(17)28)29-25(33)21-5-3-2-4-20(21)24(32)16-6-9-18(26)10-7-16/h2-13H,14H2,1H3,(H,29,30,33). The number of nitrogens with zero attached hydrogens (tertiary/aromatic N) is 2. The Morgan fingerprint density at radius 1 is 0.879 bits per heavy atom. The second kappa shape index (κ2) is 9.79. The van der Waals surface area contributed by atoms with Crippen LogP contribution in [0, 0.1) is 6.92 Å². The Morgan fingerprint density at radius 2 is 1.55 bits per heavy atom. The molecule has 5 nitrogen and oxygen atoms in total. The van der Waals surface area contributed by atoms with Gasteiger partial charge in [-0.2, -0.15) is 5.10 Å². The van der Waals surface area contributed by atoms with Gasteiger partial charge >= 0.3 is 0 Å². The summed E-state index contributed by atoms with van der Waals surface area (Å²) in [7, 11) is 0. The number of aromatic nitrogens is 2. The van der Waals surface area contributed by atoms with Gasteiger partial charge in [-0.15, -0.1) is 0 Å². The van der Waals surface area contributed by atoms with Crippen LogP contribution in [-0.4, -0.2) is 21.5 Å². The van der Waals surface area contributed by atoms with Crippen LogP contribution in [0.5, 0.6) is 0 Å². The maximum absolute atomic E-state index is 13.0. The summed E-state index contributed by atoms with van der Waals surface area (Å²) in [6.07, 6.45) is 0. The molecular formula is C25H18Cl3N3O2. The molecule has 4 rings (SSSR count). The molecule has 1 amide bonds. The van der Waals surface area contributed by atoms with Crippen molar-refractivity contribution in [3.63, 3.8) is 0 Å². The number of ketones is 1. The van der Waals surface area contributed by atoms with E-state index in [1.54, 1.807) is 71.4 Å². The quantitative estimate of drug-likeness (QED) is 0.301. The molecule has 4 aromatic rings. The van der Waals surface area contributed by atoms with Crippen LogP contribution < -0.4 is 5.32 Å². The van der Waals surface area contributed by atoms with Crippen molar-refractivity contribution in [3.05, 3.63) is 116 Å². The van der Waals surface area contributed by atoms with Crippen LogP contribution in [0.15, 0.2) is 72.8 Å². The van der Waals surface area contributed by atoms with Gasteiger partial charge in [0.2, 0.25) is 0 Å². The van der Waals surface area contributed by atoms with Gasteiger partial charge in [-0.3, -0.25) is 14.3 Å². The lowest BCUT2D eigenvalue weighted by molar-refractivity contribution is 0.0996. The van der Waals surface area contributed by atoms with E-state index < -0.39 is 5.91 Å². The highest BCUT2D eigenvalue weighted by molar-refractivity contribution is 6.35. The molecule has 1 N–H and O–H groups in total. The van der Waals surface area contributed by atoms with Gasteiger partial charge in [-0.25, -0.2) is 0 Å². The molecule has 0 fully saturated rings. The van der Waals surface area contributed by atoms with E-state index >= 15 is 0 Å². The van der Waals surface area contributed by atoms with E-state index in [-0.39, 0.29) is 11.3 Å². The molecule has 1 aromatic heterocycles. The first-order valence-electron chi connectivity index (χ1n) is 10.0. The fourth-order valence-electron chi connectivity index (χ4n) is 3.36. The van der Waals surface area contributed by atoms with Gasteiger partial charge in [0.1, 0.15) is 0 Å². The summed E-state index contributed by atoms with van der Waals surface area (Å²) >= 11 is 18.2. The first-order chi connectivity index (χ1) is 15.8. The lowest BCUT2D eigenvalue weighted by atomic mass is 9.98. The lowest BCUT2D eigenvalue weighted by Gasteiger charge is -2.09. The van der Waals surface area contributed by atoms with E-state index in [0.29, 0.717) is 38.6 Å². The molecule has 0 saturated carbocycles. The van der Waals surface area contributed by atoms with E-state index in [0.717, 1.165) is 11.3 Å². The van der Waals surface area contributed by atoms with Crippen LogP contribution in [0.4, 0.5) is 5.82 Å². The van der Waals surface area contributed by atoms with Gasteiger partial charge in [0.05, 0.1) is 12.1 Å². The molecular weight excluding hydrogens is 481 g/mol. The van der Waals surface area contributed by atoms with Crippen molar-refractivity contribution in [2.45, 2.75) is 13.5 Å². The fraction of sp³-hybridized carbons (Fsp3) is 0.0800. The van der Waals surface area contributed by atoms with Gasteiger partial charge in [0.25, 0.3) is 5.91 Å². The fourth-order valence-corrected chi connectivity index (χ4v) is 3.96. The van der Waals surface area contributed by atoms with E-state index in [2.05, 4.69) is 10.4 Å². The van der Waals surface area contributed by atoms with Crippen molar-refractivity contribution < 1.29 is 9.59 Å². The second-order valence-corrected chi connectivity index (χ2v) is 8.68. The predicted molar refractivity (Wildman–Crippen MR) is 132 cm³/mol. The summed E-state index contributed by atoms with van der Waals surface area (Å²) in [4.78, 5) is 26.0. The summed E-state index contributed by atoms with van der Waals surface area (Å²) < 4.78 is 1.73. The number of hydrogen-bond donors (Lipinski definition) is 1. The molecule has 166 valence electrons. The Balaban J connectivity index is 1.55. The van der Waals surface area contributed by atoms with Crippen molar-refractivity contribution in [2.75, 3.05) is 5.32 Å². The molecule has 0 spiro atoms. The van der Waals surface area contributed by atoms with E-state index in [1.165, 1.54) is 0 Å². The van der Waals surface area contributed by atoms with Gasteiger partial charge in [0.15, 0.2) is 11.6 Å². The Bertz CT molecular complexity index is 1350. The SMILES string of the molecule is Cc1cc(NC(=O)c2ccccc2C(=O)c2ccc(Cl)cc2)nn1Cc1ccc(Cl)cc1Cl. The highest BCUT2D eigenvalue weighted by Gasteiger charge is 2.19. The number of benzene rings is 3. The summed E-state index contributed by atoms with van der Waals surface area (Å²) in [6, 6.07) is 20.2. The molecule has 0 aliphatic heterocycles. The number of rotatable bonds is 6. The highest BCUT2D eigenvalue weighted by Crippen LogP contribution is 2.23. The molecule has 0 bridgehead atoms. The number of anilines is 1. The van der Waals surface area contributed by atoms with Gasteiger partial charge in [0, 0.05) is 38.0 Å². The number of carbonyl (C=O) groups is 2. The average molecular weight is 499 g/mol. The highest BCUT2D eigenvalue weighted by atomic mass is 35.5. The van der Waals surface area contributed by atoms with Crippen molar-refractivity contribution in [2.24, 2.45) is 0 Å². The van der Waals surface area contributed by atoms with Crippen LogP contribution in [-0.2, 0) is 6.54 Å². The third kappa shape index (κ3) is 5.28. The van der Waals surface area contributed by atoms with Crippen molar-refractivity contribution in [1.82, 2.24) is 9.78 Å². The molecule has 0 atom stereocenters. The monoisotopic (exact) mass is 497 g/mol. The molecule has 3 aromatic carbocycles. The Labute approximate surface area is 205 Å². The van der Waals surface area contributed by atoms with Crippen molar-refractivity contribution in [1.29, 1.82) is 0 Å². The third-order valence-corrected chi connectivity index (χ3v) is 5.92. The third-order valence-electron chi connectivity index (χ3n) is 5.08. The van der Waals surface area contributed by atoms with Gasteiger partial charge < -0.3 is 5.32 Å². The Hall–Kier alpha value is -3.12. The Kier molecular flexibility index (Phi) is 6.84. The van der Waals surface area contributed by atoms with Crippen LogP contribution >= 0.6 is 34.8 Å². The molecule has 33 heavy (non-hydrogen) atoms. The molecule has 8 heteroatoms. The minimum atomic E-state index is -0.429. The number of carbonyl (C=O) groups excluding carboxylic acids is 2. The largest absolute Gasteiger partial charge is 0.305 e. The smallest absolute Gasteiger partial charge is 0.257 e. The Morgan fingerprint density at radius 3 is 2.24 bits per heavy atom. The minimum absolute atomic E-state index is 0.255. The molecule has 0 unspecified atom stereocenters. The van der Waals surface area contributed by atoms with Gasteiger partial charge in [-0.05, 0) is 55.0 Å². The number of halogens is 3. The van der Waals surface area contributed by atoms with Crippen LogP contribution in [0.2, 0.25) is 15.1 Å². The van der Waals surface area contributed by atoms with E-state index in [4.69, 9.17) is 34.8 Å². The second-order valence-electron chi connectivity index (χ2n) is 7.40. The normalized spacial score (nSPS) is 10.8. The summed E-state index contributed by atoms with van der Waals surface area (Å²) in [5.74, 6) is -0.324. The first kappa shape index (κ1) is 23.1. The maximum atomic E-state index is 13.0.